The van der Waals surface area contributed by atoms with Gasteiger partial charge in [0, 0.05) is 5.56 Å². The molecule has 0 atom stereocenters. The lowest BCUT2D eigenvalue weighted by molar-refractivity contribution is 0.0956. The zero-order valence-electron chi connectivity index (χ0n) is 18.8. The number of para-hydroxylation sites is 2. The monoisotopic (exact) mass is 536 g/mol. The van der Waals surface area contributed by atoms with Gasteiger partial charge in [-0.2, -0.15) is 0 Å². The summed E-state index contributed by atoms with van der Waals surface area (Å²) in [5, 5.41) is 21.1. The third-order valence-corrected chi connectivity index (χ3v) is 5.82. The number of carbonyl (C=O) groups is 4. The Morgan fingerprint density at radius 3 is 1.73 bits per heavy atom. The van der Waals surface area contributed by atoms with Crippen molar-refractivity contribution in [2.75, 3.05) is 10.6 Å². The van der Waals surface area contributed by atoms with Gasteiger partial charge in [0.15, 0.2) is 0 Å². The molecule has 0 saturated heterocycles. The molecule has 4 rings (SSSR count). The summed E-state index contributed by atoms with van der Waals surface area (Å²) in [6.07, 6.45) is 0. The maximum Gasteiger partial charge on any atom is 0.326 e. The molecule has 0 heterocycles. The number of hydrogen-bond donors (Lipinski definition) is 5. The first kappa shape index (κ1) is 25.5. The Balaban J connectivity index is 1.48. The summed E-state index contributed by atoms with van der Waals surface area (Å²) in [5.41, 5.74) is 0.551. The summed E-state index contributed by atoms with van der Waals surface area (Å²) >= 11 is 12.0. The molecule has 0 spiro atoms. The van der Waals surface area contributed by atoms with Gasteiger partial charge in [-0.15, -0.1) is 0 Å². The van der Waals surface area contributed by atoms with Crippen LogP contribution in [0.3, 0.4) is 0 Å². The van der Waals surface area contributed by atoms with Crippen molar-refractivity contribution >= 4 is 69.2 Å². The Hall–Kier alpha value is -4.60. The molecule has 9 nitrogen and oxygen atoms in total. The van der Waals surface area contributed by atoms with Gasteiger partial charge < -0.3 is 15.7 Å². The van der Waals surface area contributed by atoms with Gasteiger partial charge in [-0.05, 0) is 59.3 Å². The number of amides is 6. The number of carbonyl (C=O) groups excluding carboxylic acids is 4. The van der Waals surface area contributed by atoms with E-state index in [9.17, 15) is 24.3 Å². The molecule has 0 bridgehead atoms. The van der Waals surface area contributed by atoms with Crippen molar-refractivity contribution in [3.8, 4) is 5.75 Å². The number of rotatable bonds is 4. The van der Waals surface area contributed by atoms with Crippen molar-refractivity contribution in [3.63, 3.8) is 0 Å². The highest BCUT2D eigenvalue weighted by Crippen LogP contribution is 2.27. The first-order chi connectivity index (χ1) is 17.7. The third-order valence-electron chi connectivity index (χ3n) is 5.16. The Labute approximate surface area is 220 Å². The first-order valence-corrected chi connectivity index (χ1v) is 11.5. The summed E-state index contributed by atoms with van der Waals surface area (Å²) in [6, 6.07) is 18.5. The molecule has 0 aliphatic carbocycles. The Morgan fingerprint density at radius 1 is 0.622 bits per heavy atom. The van der Waals surface area contributed by atoms with Crippen molar-refractivity contribution in [1.82, 2.24) is 10.6 Å². The van der Waals surface area contributed by atoms with Crippen LogP contribution in [0.2, 0.25) is 10.0 Å². The average Bonchev–Trinajstić information content (AvgIpc) is 2.86. The van der Waals surface area contributed by atoms with Crippen LogP contribution in [0.4, 0.5) is 21.0 Å². The Bertz CT molecular complexity index is 1560. The predicted molar refractivity (Wildman–Crippen MR) is 141 cm³/mol. The van der Waals surface area contributed by atoms with E-state index < -0.39 is 23.9 Å². The molecule has 4 aromatic rings. The SMILES string of the molecule is O=C(NC(=O)c1ccc2cc(O)c(C(=O)NC(=O)Nc3ccccc3Cl)cc2c1)Nc1ccccc1Cl. The average molecular weight is 537 g/mol. The quantitative estimate of drug-likeness (QED) is 0.225. The van der Waals surface area contributed by atoms with Crippen molar-refractivity contribution < 1.29 is 24.3 Å². The normalized spacial score (nSPS) is 10.4. The van der Waals surface area contributed by atoms with Gasteiger partial charge in [0.2, 0.25) is 0 Å². The highest BCUT2D eigenvalue weighted by molar-refractivity contribution is 6.34. The summed E-state index contributed by atoms with van der Waals surface area (Å²) < 4.78 is 0. The topological polar surface area (TPSA) is 137 Å². The first-order valence-electron chi connectivity index (χ1n) is 10.7. The molecule has 0 saturated carbocycles. The van der Waals surface area contributed by atoms with E-state index in [1.807, 2.05) is 0 Å². The van der Waals surface area contributed by atoms with Crippen molar-refractivity contribution in [1.29, 1.82) is 0 Å². The zero-order valence-corrected chi connectivity index (χ0v) is 20.4. The maximum atomic E-state index is 12.7. The van der Waals surface area contributed by atoms with E-state index in [1.165, 1.54) is 24.3 Å². The lowest BCUT2D eigenvalue weighted by atomic mass is 10.0. The second-order valence-electron chi connectivity index (χ2n) is 7.71. The zero-order chi connectivity index (χ0) is 26.5. The molecular weight excluding hydrogens is 519 g/mol. The number of hydrogen-bond acceptors (Lipinski definition) is 5. The molecule has 0 fully saturated rings. The lowest BCUT2D eigenvalue weighted by Crippen LogP contribution is -2.34. The molecule has 5 N–H and O–H groups in total. The number of phenolic OH excluding ortho intramolecular Hbond substituents is 1. The van der Waals surface area contributed by atoms with Gasteiger partial charge in [0.05, 0.1) is 27.0 Å². The van der Waals surface area contributed by atoms with Crippen LogP contribution in [0.5, 0.6) is 5.75 Å². The molecule has 0 unspecified atom stereocenters. The highest BCUT2D eigenvalue weighted by Gasteiger charge is 2.18. The van der Waals surface area contributed by atoms with Crippen LogP contribution in [0, 0.1) is 0 Å². The standard InChI is InChI=1S/C26H18Cl2N4O5/c27-18-5-1-3-7-20(18)29-25(36)31-23(34)15-10-9-14-13-22(33)17(12-16(14)11-15)24(35)32-26(37)30-21-8-4-2-6-19(21)28/h1-13,33H,(H2,29,31,34,36)(H2,30,32,35,37). The number of fused-ring (bicyclic) bond motifs is 1. The van der Waals surface area contributed by atoms with Crippen LogP contribution in [-0.2, 0) is 0 Å². The fourth-order valence-electron chi connectivity index (χ4n) is 3.39. The van der Waals surface area contributed by atoms with Crippen LogP contribution in [0.25, 0.3) is 10.8 Å². The smallest absolute Gasteiger partial charge is 0.326 e. The van der Waals surface area contributed by atoms with E-state index in [1.54, 1.807) is 54.6 Å². The summed E-state index contributed by atoms with van der Waals surface area (Å²) in [7, 11) is 0. The van der Waals surface area contributed by atoms with Gasteiger partial charge in [0.25, 0.3) is 11.8 Å². The largest absolute Gasteiger partial charge is 0.507 e. The summed E-state index contributed by atoms with van der Waals surface area (Å²) in [6.45, 7) is 0. The van der Waals surface area contributed by atoms with Crippen molar-refractivity contribution in [3.05, 3.63) is 100 Å². The molecule has 0 aliphatic rings. The van der Waals surface area contributed by atoms with Crippen molar-refractivity contribution in [2.24, 2.45) is 0 Å². The number of benzene rings is 4. The number of phenols is 1. The van der Waals surface area contributed by atoms with E-state index in [-0.39, 0.29) is 21.9 Å². The van der Waals surface area contributed by atoms with E-state index in [0.717, 1.165) is 0 Å². The number of urea groups is 2. The Morgan fingerprint density at radius 2 is 1.16 bits per heavy atom. The minimum Gasteiger partial charge on any atom is -0.507 e. The van der Waals surface area contributed by atoms with Crippen LogP contribution in [0.15, 0.2) is 78.9 Å². The minimum atomic E-state index is -0.877. The minimum absolute atomic E-state index is 0.121. The van der Waals surface area contributed by atoms with Crippen molar-refractivity contribution in [2.45, 2.75) is 0 Å². The number of halogens is 2. The van der Waals surface area contributed by atoms with Gasteiger partial charge >= 0.3 is 12.1 Å². The second-order valence-corrected chi connectivity index (χ2v) is 8.52. The molecular formula is C26H18Cl2N4O5. The van der Waals surface area contributed by atoms with Gasteiger partial charge in [0.1, 0.15) is 5.75 Å². The number of imide groups is 2. The molecule has 0 aliphatic heterocycles. The Kier molecular flexibility index (Phi) is 7.57. The molecule has 4 aromatic carbocycles. The van der Waals surface area contributed by atoms with Gasteiger partial charge in [-0.1, -0.05) is 53.5 Å². The molecule has 11 heteroatoms. The molecule has 0 aromatic heterocycles. The number of aromatic hydroxyl groups is 1. The van der Waals surface area contributed by atoms with Crippen LogP contribution >= 0.6 is 23.2 Å². The molecule has 186 valence electrons. The molecule has 37 heavy (non-hydrogen) atoms. The number of nitrogens with one attached hydrogen (secondary N) is 4. The van der Waals surface area contributed by atoms with Crippen LogP contribution < -0.4 is 21.3 Å². The predicted octanol–water partition coefficient (Wildman–Crippen LogP) is 5.78. The van der Waals surface area contributed by atoms with E-state index >= 15 is 0 Å². The van der Waals surface area contributed by atoms with E-state index in [0.29, 0.717) is 27.2 Å². The lowest BCUT2D eigenvalue weighted by Gasteiger charge is -2.11. The van der Waals surface area contributed by atoms with E-state index in [2.05, 4.69) is 21.3 Å². The second kappa shape index (κ2) is 11.0. The third kappa shape index (κ3) is 6.16. The summed E-state index contributed by atoms with van der Waals surface area (Å²) in [4.78, 5) is 49.7. The fraction of sp³-hybridized carbons (Fsp3) is 0. The maximum absolute atomic E-state index is 12.7. The van der Waals surface area contributed by atoms with E-state index in [4.69, 9.17) is 23.2 Å². The number of anilines is 2. The van der Waals surface area contributed by atoms with Gasteiger partial charge in [-0.3, -0.25) is 20.2 Å². The molecule has 0 radical (unpaired) electrons. The van der Waals surface area contributed by atoms with Gasteiger partial charge in [-0.25, -0.2) is 9.59 Å². The molecule has 6 amide bonds. The van der Waals surface area contributed by atoms with Crippen LogP contribution in [-0.4, -0.2) is 29.0 Å². The highest BCUT2D eigenvalue weighted by atomic mass is 35.5. The van der Waals surface area contributed by atoms with Crippen LogP contribution in [0.1, 0.15) is 20.7 Å². The summed E-state index contributed by atoms with van der Waals surface area (Å²) in [5.74, 6) is -1.95. The fourth-order valence-corrected chi connectivity index (χ4v) is 3.75.